The minimum atomic E-state index is -0.140. The van der Waals surface area contributed by atoms with Gasteiger partial charge < -0.3 is 10.2 Å². The molecule has 1 aliphatic heterocycles. The Bertz CT molecular complexity index is 754. The number of nitrogens with one attached hydrogen (secondary N) is 1. The van der Waals surface area contributed by atoms with Crippen molar-refractivity contribution < 1.29 is 9.59 Å². The lowest BCUT2D eigenvalue weighted by Gasteiger charge is -2.26. The number of hydrogen-bond donors (Lipinski definition) is 1. The van der Waals surface area contributed by atoms with Crippen LogP contribution >= 0.6 is 0 Å². The van der Waals surface area contributed by atoms with Crippen LogP contribution in [0.3, 0.4) is 0 Å². The van der Waals surface area contributed by atoms with Crippen LogP contribution in [0, 0.1) is 0 Å². The highest BCUT2D eigenvalue weighted by molar-refractivity contribution is 5.94. The lowest BCUT2D eigenvalue weighted by atomic mass is 9.99. The molecule has 1 heterocycles. The Morgan fingerprint density at radius 3 is 2.28 bits per heavy atom. The average Bonchev–Trinajstić information content (AvgIpc) is 2.69. The van der Waals surface area contributed by atoms with E-state index in [2.05, 4.69) is 23.5 Å². The summed E-state index contributed by atoms with van der Waals surface area (Å²) in [4.78, 5) is 26.1. The van der Waals surface area contributed by atoms with E-state index >= 15 is 0 Å². The van der Waals surface area contributed by atoms with Crippen molar-refractivity contribution in [3.05, 3.63) is 77.9 Å². The van der Waals surface area contributed by atoms with Gasteiger partial charge in [0.15, 0.2) is 0 Å². The van der Waals surface area contributed by atoms with Gasteiger partial charge in [0.2, 0.25) is 5.91 Å². The molecule has 3 rings (SSSR count). The number of rotatable bonds is 5. The lowest BCUT2D eigenvalue weighted by molar-refractivity contribution is -0.130. The quantitative estimate of drug-likeness (QED) is 0.913. The van der Waals surface area contributed by atoms with Gasteiger partial charge in [0.05, 0.1) is 0 Å². The molecule has 1 aliphatic rings. The maximum Gasteiger partial charge on any atom is 0.251 e. The monoisotopic (exact) mass is 334 g/mol. The van der Waals surface area contributed by atoms with E-state index in [0.29, 0.717) is 25.1 Å². The van der Waals surface area contributed by atoms with E-state index in [4.69, 9.17) is 0 Å². The molecule has 0 saturated heterocycles. The third-order valence-corrected chi connectivity index (χ3v) is 4.37. The average molecular weight is 334 g/mol. The summed E-state index contributed by atoms with van der Waals surface area (Å²) < 4.78 is 0. The van der Waals surface area contributed by atoms with Crippen LogP contribution in [0.1, 0.15) is 28.8 Å². The van der Waals surface area contributed by atoms with Crippen molar-refractivity contribution >= 4 is 17.4 Å². The summed E-state index contributed by atoms with van der Waals surface area (Å²) in [6.07, 6.45) is 3.32. The fourth-order valence-electron chi connectivity index (χ4n) is 2.94. The Labute approximate surface area is 148 Å². The van der Waals surface area contributed by atoms with Crippen molar-refractivity contribution in [3.8, 4) is 0 Å². The van der Waals surface area contributed by atoms with E-state index in [9.17, 15) is 9.59 Å². The molecule has 0 atom stereocenters. The molecule has 4 heteroatoms. The van der Waals surface area contributed by atoms with E-state index in [1.54, 1.807) is 12.1 Å². The summed E-state index contributed by atoms with van der Waals surface area (Å²) in [5.41, 5.74) is 3.13. The predicted molar refractivity (Wildman–Crippen MR) is 99.0 cm³/mol. The van der Waals surface area contributed by atoms with Crippen molar-refractivity contribution in [2.45, 2.75) is 12.8 Å². The molecule has 0 unspecified atom stereocenters. The van der Waals surface area contributed by atoms with Crippen molar-refractivity contribution in [3.63, 3.8) is 0 Å². The SMILES string of the molecule is O=C(NCCC(=O)N1CC=C(c2ccccc2)CC1)c1ccccc1. The number of carbonyl (C=O) groups excluding carboxylic acids is 2. The smallest absolute Gasteiger partial charge is 0.251 e. The van der Waals surface area contributed by atoms with E-state index in [1.807, 2.05) is 41.3 Å². The largest absolute Gasteiger partial charge is 0.352 e. The zero-order valence-corrected chi connectivity index (χ0v) is 14.2. The fraction of sp³-hybridized carbons (Fsp3) is 0.238. The zero-order chi connectivity index (χ0) is 17.5. The van der Waals surface area contributed by atoms with Crippen molar-refractivity contribution in [2.75, 3.05) is 19.6 Å². The third-order valence-electron chi connectivity index (χ3n) is 4.37. The van der Waals surface area contributed by atoms with E-state index in [-0.39, 0.29) is 11.8 Å². The summed E-state index contributed by atoms with van der Waals surface area (Å²) >= 11 is 0. The second-order valence-corrected chi connectivity index (χ2v) is 6.06. The van der Waals surface area contributed by atoms with Gasteiger partial charge in [0, 0.05) is 31.6 Å². The first kappa shape index (κ1) is 17.0. The van der Waals surface area contributed by atoms with Crippen molar-refractivity contribution in [2.24, 2.45) is 0 Å². The van der Waals surface area contributed by atoms with E-state index < -0.39 is 0 Å². The number of amides is 2. The minimum absolute atomic E-state index is 0.0803. The van der Waals surface area contributed by atoms with Crippen LogP contribution in [0.2, 0.25) is 0 Å². The zero-order valence-electron chi connectivity index (χ0n) is 14.2. The normalized spacial score (nSPS) is 13.9. The molecule has 0 saturated carbocycles. The van der Waals surface area contributed by atoms with Crippen LogP contribution < -0.4 is 5.32 Å². The van der Waals surface area contributed by atoms with Gasteiger partial charge in [-0.2, -0.15) is 0 Å². The van der Waals surface area contributed by atoms with E-state index in [0.717, 1.165) is 13.0 Å². The van der Waals surface area contributed by atoms with Gasteiger partial charge in [-0.05, 0) is 29.7 Å². The first-order valence-corrected chi connectivity index (χ1v) is 8.59. The van der Waals surface area contributed by atoms with E-state index in [1.165, 1.54) is 11.1 Å². The first-order chi connectivity index (χ1) is 12.2. The van der Waals surface area contributed by atoms with Gasteiger partial charge in [-0.1, -0.05) is 54.6 Å². The van der Waals surface area contributed by atoms with Crippen LogP contribution in [0.25, 0.3) is 5.57 Å². The highest BCUT2D eigenvalue weighted by Gasteiger charge is 2.17. The first-order valence-electron chi connectivity index (χ1n) is 8.59. The summed E-state index contributed by atoms with van der Waals surface area (Å²) in [5.74, 6) is -0.0602. The molecule has 0 radical (unpaired) electrons. The molecule has 0 aromatic heterocycles. The Balaban J connectivity index is 1.45. The molecule has 2 aromatic rings. The van der Waals surface area contributed by atoms with Crippen molar-refractivity contribution in [1.29, 1.82) is 0 Å². The number of benzene rings is 2. The molecule has 2 amide bonds. The number of carbonyl (C=O) groups is 2. The second kappa shape index (κ2) is 8.29. The van der Waals surface area contributed by atoms with Gasteiger partial charge >= 0.3 is 0 Å². The Kier molecular flexibility index (Phi) is 5.62. The molecule has 128 valence electrons. The molecular formula is C21H22N2O2. The predicted octanol–water partition coefficient (Wildman–Crippen LogP) is 3.12. The number of nitrogens with zero attached hydrogens (tertiary/aromatic N) is 1. The van der Waals surface area contributed by atoms with Crippen LogP contribution in [0.4, 0.5) is 0 Å². The summed E-state index contributed by atoms with van der Waals surface area (Å²) in [7, 11) is 0. The molecule has 0 bridgehead atoms. The molecule has 1 N–H and O–H groups in total. The Morgan fingerprint density at radius 2 is 1.64 bits per heavy atom. The lowest BCUT2D eigenvalue weighted by Crippen LogP contribution is -2.37. The highest BCUT2D eigenvalue weighted by Crippen LogP contribution is 2.22. The van der Waals surface area contributed by atoms with Crippen molar-refractivity contribution in [1.82, 2.24) is 10.2 Å². The second-order valence-electron chi connectivity index (χ2n) is 6.06. The maximum absolute atomic E-state index is 12.3. The van der Waals surface area contributed by atoms with Gasteiger partial charge in [0.1, 0.15) is 0 Å². The van der Waals surface area contributed by atoms with Crippen LogP contribution in [0.15, 0.2) is 66.7 Å². The summed E-state index contributed by atoms with van der Waals surface area (Å²) in [6.45, 7) is 1.72. The molecule has 0 spiro atoms. The molecule has 2 aromatic carbocycles. The standard InChI is InChI=1S/C21H22N2O2/c24-20(11-14-22-21(25)19-9-5-2-6-10-19)23-15-12-18(13-16-23)17-7-3-1-4-8-17/h1-10,12H,11,13-16H2,(H,22,25). The molecule has 4 nitrogen and oxygen atoms in total. The van der Waals surface area contributed by atoms with Crippen LogP contribution in [0.5, 0.6) is 0 Å². The van der Waals surface area contributed by atoms with Crippen LogP contribution in [-0.4, -0.2) is 36.3 Å². The topological polar surface area (TPSA) is 49.4 Å². The molecule has 0 fully saturated rings. The fourth-order valence-corrected chi connectivity index (χ4v) is 2.94. The van der Waals surface area contributed by atoms with Gasteiger partial charge in [-0.25, -0.2) is 0 Å². The van der Waals surface area contributed by atoms with Crippen LogP contribution in [-0.2, 0) is 4.79 Å². The third kappa shape index (κ3) is 4.57. The molecule has 25 heavy (non-hydrogen) atoms. The van der Waals surface area contributed by atoms with Gasteiger partial charge in [-0.3, -0.25) is 9.59 Å². The Hall–Kier alpha value is -2.88. The minimum Gasteiger partial charge on any atom is -0.352 e. The van der Waals surface area contributed by atoms with Gasteiger partial charge in [0.25, 0.3) is 5.91 Å². The highest BCUT2D eigenvalue weighted by atomic mass is 16.2. The van der Waals surface area contributed by atoms with Gasteiger partial charge in [-0.15, -0.1) is 0 Å². The molecule has 0 aliphatic carbocycles. The summed E-state index contributed by atoms with van der Waals surface area (Å²) in [6, 6.07) is 19.3. The summed E-state index contributed by atoms with van der Waals surface area (Å²) in [5, 5.41) is 2.80. The molecular weight excluding hydrogens is 312 g/mol. The number of hydrogen-bond acceptors (Lipinski definition) is 2. The maximum atomic E-state index is 12.3. The Morgan fingerprint density at radius 1 is 0.960 bits per heavy atom.